The van der Waals surface area contributed by atoms with Crippen LogP contribution in [0.2, 0.25) is 0 Å². The minimum absolute atomic E-state index is 0.0426. The van der Waals surface area contributed by atoms with E-state index in [4.69, 9.17) is 9.72 Å². The van der Waals surface area contributed by atoms with Gasteiger partial charge >= 0.3 is 5.97 Å². The molecule has 0 radical (unpaired) electrons. The summed E-state index contributed by atoms with van der Waals surface area (Å²) in [5, 5.41) is 11.8. The highest BCUT2D eigenvalue weighted by Gasteiger charge is 2.34. The first kappa shape index (κ1) is 24.8. The van der Waals surface area contributed by atoms with Crippen molar-refractivity contribution >= 4 is 33.5 Å². The van der Waals surface area contributed by atoms with Gasteiger partial charge in [-0.05, 0) is 53.8 Å². The Kier molecular flexibility index (Phi) is 6.39. The molecule has 0 spiro atoms. The number of nitrogens with zero attached hydrogens (tertiary/aromatic N) is 4. The van der Waals surface area contributed by atoms with Crippen LogP contribution in [-0.2, 0) is 16.0 Å². The topological polar surface area (TPSA) is 88.4 Å². The number of rotatable bonds is 5. The maximum absolute atomic E-state index is 16.3. The maximum Gasteiger partial charge on any atom is 0.328 e. The predicted molar refractivity (Wildman–Crippen MR) is 138 cm³/mol. The average Bonchev–Trinajstić information content (AvgIpc) is 3.37. The second-order valence-corrected chi connectivity index (χ2v) is 9.59. The molecule has 1 atom stereocenters. The summed E-state index contributed by atoms with van der Waals surface area (Å²) in [5.41, 5.74) is 0.711. The third kappa shape index (κ3) is 4.12. The van der Waals surface area contributed by atoms with Crippen molar-refractivity contribution in [2.45, 2.75) is 52.0 Å². The van der Waals surface area contributed by atoms with Crippen molar-refractivity contribution in [3.8, 4) is 17.0 Å². The van der Waals surface area contributed by atoms with Crippen LogP contribution >= 0.6 is 0 Å². The van der Waals surface area contributed by atoms with Gasteiger partial charge in [0.25, 0.3) is 0 Å². The molecule has 2 aromatic heterocycles. The van der Waals surface area contributed by atoms with Crippen molar-refractivity contribution in [3.63, 3.8) is 0 Å². The van der Waals surface area contributed by atoms with Crippen molar-refractivity contribution < 1.29 is 23.4 Å². The number of hydrogen-bond donors (Lipinski definition) is 1. The number of benzene rings is 2. The van der Waals surface area contributed by atoms with Gasteiger partial charge in [0.1, 0.15) is 40.5 Å². The number of anilines is 1. The van der Waals surface area contributed by atoms with Gasteiger partial charge in [-0.25, -0.2) is 23.5 Å². The van der Waals surface area contributed by atoms with Crippen LogP contribution in [-0.4, -0.2) is 45.7 Å². The molecule has 3 heterocycles. The number of esters is 1. The Balaban J connectivity index is 1.80. The molecule has 0 unspecified atom stereocenters. The van der Waals surface area contributed by atoms with E-state index in [0.29, 0.717) is 52.8 Å². The van der Waals surface area contributed by atoms with Gasteiger partial charge in [0.2, 0.25) is 0 Å². The van der Waals surface area contributed by atoms with Crippen molar-refractivity contribution in [2.24, 2.45) is 0 Å². The van der Waals surface area contributed by atoms with Crippen LogP contribution in [0.5, 0.6) is 5.75 Å². The molecular weight excluding hydrogens is 478 g/mol. The molecule has 192 valence electrons. The van der Waals surface area contributed by atoms with E-state index in [9.17, 15) is 14.3 Å². The number of aromatic hydroxyl groups is 1. The number of carbonyl (C=O) groups excluding carboxylic acids is 1. The predicted octanol–water partition coefficient (Wildman–Crippen LogP) is 5.66. The molecule has 0 saturated carbocycles. The fourth-order valence-electron chi connectivity index (χ4n) is 5.16. The number of halogens is 2. The van der Waals surface area contributed by atoms with E-state index in [2.05, 4.69) is 9.97 Å². The molecule has 7 nitrogen and oxygen atoms in total. The summed E-state index contributed by atoms with van der Waals surface area (Å²) >= 11 is 0. The summed E-state index contributed by atoms with van der Waals surface area (Å²) in [6, 6.07) is 5.29. The van der Waals surface area contributed by atoms with Gasteiger partial charge in [-0.3, -0.25) is 4.98 Å². The van der Waals surface area contributed by atoms with Crippen LogP contribution in [0.4, 0.5) is 14.6 Å². The Morgan fingerprint density at radius 1 is 1.24 bits per heavy atom. The number of methoxy groups -OCH3 is 1. The molecule has 1 fully saturated rings. The van der Waals surface area contributed by atoms with E-state index >= 15 is 4.39 Å². The molecule has 2 aromatic carbocycles. The lowest BCUT2D eigenvalue weighted by Crippen LogP contribution is -2.37. The third-order valence-electron chi connectivity index (χ3n) is 6.96. The van der Waals surface area contributed by atoms with Crippen LogP contribution in [0.15, 0.2) is 30.5 Å². The molecule has 1 aliphatic rings. The highest BCUT2D eigenvalue weighted by atomic mass is 19.1. The van der Waals surface area contributed by atoms with Gasteiger partial charge in [-0.15, -0.1) is 0 Å². The highest BCUT2D eigenvalue weighted by Crippen LogP contribution is 2.39. The van der Waals surface area contributed by atoms with Crippen LogP contribution in [0.1, 0.15) is 50.9 Å². The van der Waals surface area contributed by atoms with Crippen LogP contribution < -0.4 is 4.90 Å². The van der Waals surface area contributed by atoms with E-state index < -0.39 is 17.7 Å². The van der Waals surface area contributed by atoms with E-state index in [-0.39, 0.29) is 34.4 Å². The first-order valence-electron chi connectivity index (χ1n) is 12.4. The van der Waals surface area contributed by atoms with Crippen LogP contribution in [0.3, 0.4) is 0 Å². The first-order chi connectivity index (χ1) is 17.7. The Morgan fingerprint density at radius 2 is 2.03 bits per heavy atom. The van der Waals surface area contributed by atoms with Crippen LogP contribution in [0, 0.1) is 11.6 Å². The summed E-state index contributed by atoms with van der Waals surface area (Å²) in [4.78, 5) is 28.0. The Morgan fingerprint density at radius 3 is 2.73 bits per heavy atom. The van der Waals surface area contributed by atoms with Crippen molar-refractivity contribution in [3.05, 3.63) is 53.5 Å². The van der Waals surface area contributed by atoms with Gasteiger partial charge in [-0.2, -0.15) is 0 Å². The molecule has 0 aliphatic carbocycles. The standard InChI is InChI=1S/C28H28F2N4O3/c1-5-17-20(29)9-8-15-11-16(35)12-18(22(15)17)24-23(30)25-19(13-31-24)27(33-26(32-25)14(2)3)34-10-6-7-21(34)28(36)37-4/h8-9,11-14,21,35H,5-7,10H2,1-4H3/t21-/m0/s1. The zero-order chi connectivity index (χ0) is 26.4. The molecule has 0 amide bonds. The fraction of sp³-hybridized carbons (Fsp3) is 0.357. The van der Waals surface area contributed by atoms with E-state index in [1.807, 2.05) is 25.7 Å². The molecule has 1 N–H and O–H groups in total. The number of ether oxygens (including phenoxy) is 1. The minimum Gasteiger partial charge on any atom is -0.508 e. The number of fused-ring (bicyclic) bond motifs is 2. The zero-order valence-corrected chi connectivity index (χ0v) is 21.2. The largest absolute Gasteiger partial charge is 0.508 e. The summed E-state index contributed by atoms with van der Waals surface area (Å²) < 4.78 is 36.1. The van der Waals surface area contributed by atoms with Crippen molar-refractivity contribution in [1.82, 2.24) is 15.0 Å². The molecule has 0 bridgehead atoms. The maximum atomic E-state index is 16.3. The van der Waals surface area contributed by atoms with Gasteiger partial charge in [-0.1, -0.05) is 26.8 Å². The number of aromatic nitrogens is 3. The Hall–Kier alpha value is -3.88. The van der Waals surface area contributed by atoms with E-state index in [0.717, 1.165) is 6.42 Å². The number of phenols is 1. The second kappa shape index (κ2) is 9.53. The number of pyridine rings is 1. The zero-order valence-electron chi connectivity index (χ0n) is 21.2. The molecular formula is C28H28F2N4O3. The van der Waals surface area contributed by atoms with Gasteiger partial charge < -0.3 is 14.7 Å². The Bertz CT molecular complexity index is 1540. The van der Waals surface area contributed by atoms with Crippen molar-refractivity contribution in [1.29, 1.82) is 0 Å². The molecule has 5 rings (SSSR count). The fourth-order valence-corrected chi connectivity index (χ4v) is 5.16. The first-order valence-corrected chi connectivity index (χ1v) is 12.4. The van der Waals surface area contributed by atoms with Crippen LogP contribution in [0.25, 0.3) is 32.9 Å². The molecule has 9 heteroatoms. The molecule has 4 aromatic rings. The normalized spacial score (nSPS) is 15.8. The van der Waals surface area contributed by atoms with Gasteiger partial charge in [0.15, 0.2) is 5.82 Å². The number of hydrogen-bond acceptors (Lipinski definition) is 7. The number of carbonyl (C=O) groups is 1. The summed E-state index contributed by atoms with van der Waals surface area (Å²) in [6.45, 7) is 6.20. The molecule has 1 saturated heterocycles. The Labute approximate surface area is 213 Å². The van der Waals surface area contributed by atoms with E-state index in [1.165, 1.54) is 31.5 Å². The average molecular weight is 507 g/mol. The summed E-state index contributed by atoms with van der Waals surface area (Å²) in [6.07, 6.45) is 3.23. The smallest absolute Gasteiger partial charge is 0.328 e. The van der Waals surface area contributed by atoms with E-state index in [1.54, 1.807) is 6.07 Å². The lowest BCUT2D eigenvalue weighted by atomic mass is 9.94. The lowest BCUT2D eigenvalue weighted by molar-refractivity contribution is -0.141. The summed E-state index contributed by atoms with van der Waals surface area (Å²) in [7, 11) is 1.34. The van der Waals surface area contributed by atoms with Gasteiger partial charge in [0, 0.05) is 24.2 Å². The molecule has 1 aliphatic heterocycles. The monoisotopic (exact) mass is 506 g/mol. The van der Waals surface area contributed by atoms with Gasteiger partial charge in [0.05, 0.1) is 12.5 Å². The van der Waals surface area contributed by atoms with Crippen molar-refractivity contribution in [2.75, 3.05) is 18.6 Å². The minimum atomic E-state index is -0.699. The second-order valence-electron chi connectivity index (χ2n) is 9.59. The summed E-state index contributed by atoms with van der Waals surface area (Å²) in [5.74, 6) is -0.813. The SMILES string of the molecule is CCc1c(F)ccc2cc(O)cc(-c3ncc4c(N5CCC[C@H]5C(=O)OC)nc(C(C)C)nc4c3F)c12. The number of phenolic OH excluding ortho intramolecular Hbond substituents is 1. The highest BCUT2D eigenvalue weighted by molar-refractivity contribution is 6.02. The third-order valence-corrected chi connectivity index (χ3v) is 6.96. The molecule has 37 heavy (non-hydrogen) atoms. The quantitative estimate of drug-likeness (QED) is 0.350. The number of aryl methyl sites for hydroxylation is 1. The lowest BCUT2D eigenvalue weighted by Gasteiger charge is -2.26.